The minimum Gasteiger partial charge on any atom is -0.493 e. The van der Waals surface area contributed by atoms with E-state index in [9.17, 15) is 5.11 Å². The monoisotopic (exact) mass is 265 g/mol. The summed E-state index contributed by atoms with van der Waals surface area (Å²) in [6.07, 6.45) is 1.57. The van der Waals surface area contributed by atoms with E-state index in [1.165, 1.54) is 0 Å². The Morgan fingerprint density at radius 2 is 2.21 bits per heavy atom. The van der Waals surface area contributed by atoms with Gasteiger partial charge in [-0.15, -0.1) is 0 Å². The molecule has 0 aliphatic carbocycles. The second-order valence-corrected chi connectivity index (χ2v) is 5.33. The summed E-state index contributed by atoms with van der Waals surface area (Å²) in [5.41, 5.74) is 1.06. The van der Waals surface area contributed by atoms with Crippen LogP contribution in [0.2, 0.25) is 0 Å². The van der Waals surface area contributed by atoms with Gasteiger partial charge in [0, 0.05) is 13.1 Å². The Morgan fingerprint density at radius 3 is 2.79 bits per heavy atom. The molecule has 2 rings (SSSR count). The first kappa shape index (κ1) is 14.2. The van der Waals surface area contributed by atoms with Gasteiger partial charge in [-0.05, 0) is 44.5 Å². The number of ether oxygens (including phenoxy) is 2. The van der Waals surface area contributed by atoms with Gasteiger partial charge < -0.3 is 19.5 Å². The Morgan fingerprint density at radius 1 is 1.42 bits per heavy atom. The molecule has 1 heterocycles. The molecule has 0 bridgehead atoms. The Kier molecular flexibility index (Phi) is 4.66. The first-order valence-electron chi connectivity index (χ1n) is 6.78. The average molecular weight is 265 g/mol. The molecule has 106 valence electrons. The second-order valence-electron chi connectivity index (χ2n) is 5.33. The highest BCUT2D eigenvalue weighted by molar-refractivity contribution is 5.43. The molecule has 1 aromatic rings. The van der Waals surface area contributed by atoms with Gasteiger partial charge in [0.25, 0.3) is 0 Å². The van der Waals surface area contributed by atoms with Crippen LogP contribution in [-0.2, 0) is 6.42 Å². The van der Waals surface area contributed by atoms with Crippen molar-refractivity contribution >= 4 is 0 Å². The molecule has 1 aromatic carbocycles. The quantitative estimate of drug-likeness (QED) is 0.880. The fraction of sp³-hybridized carbons (Fsp3) is 0.600. The molecule has 1 fully saturated rings. The summed E-state index contributed by atoms with van der Waals surface area (Å²) >= 11 is 0. The smallest absolute Gasteiger partial charge is 0.161 e. The number of aliphatic hydroxyl groups excluding tert-OH is 1. The van der Waals surface area contributed by atoms with Crippen LogP contribution in [-0.4, -0.2) is 49.5 Å². The van der Waals surface area contributed by atoms with E-state index < -0.39 is 0 Å². The molecule has 0 spiro atoms. The lowest BCUT2D eigenvalue weighted by molar-refractivity contribution is 0.193. The van der Waals surface area contributed by atoms with E-state index in [1.54, 1.807) is 14.0 Å². The maximum atomic E-state index is 9.42. The number of likely N-dealkylation sites (tertiary alicyclic amines) is 1. The number of aliphatic hydroxyl groups is 1. The van der Waals surface area contributed by atoms with Crippen LogP contribution in [0.4, 0.5) is 0 Å². The molecular weight excluding hydrogens is 242 g/mol. The van der Waals surface area contributed by atoms with E-state index in [0.29, 0.717) is 6.42 Å². The first-order chi connectivity index (χ1) is 9.08. The lowest BCUT2D eigenvalue weighted by Gasteiger charge is -2.17. The van der Waals surface area contributed by atoms with Crippen molar-refractivity contribution in [3.8, 4) is 11.5 Å². The summed E-state index contributed by atoms with van der Waals surface area (Å²) in [6, 6.07) is 5.87. The van der Waals surface area contributed by atoms with Crippen molar-refractivity contribution in [1.29, 1.82) is 0 Å². The van der Waals surface area contributed by atoms with Gasteiger partial charge in [-0.25, -0.2) is 0 Å². The molecule has 0 amide bonds. The predicted molar refractivity (Wildman–Crippen MR) is 74.9 cm³/mol. The summed E-state index contributed by atoms with van der Waals surface area (Å²) in [7, 11) is 3.75. The zero-order valence-electron chi connectivity index (χ0n) is 11.9. The summed E-state index contributed by atoms with van der Waals surface area (Å²) < 4.78 is 11.4. The minimum absolute atomic E-state index is 0.238. The van der Waals surface area contributed by atoms with Gasteiger partial charge in [0.2, 0.25) is 0 Å². The summed E-state index contributed by atoms with van der Waals surface area (Å²) in [5, 5.41) is 9.42. The zero-order valence-corrected chi connectivity index (χ0v) is 11.9. The molecule has 0 aromatic heterocycles. The average Bonchev–Trinajstić information content (AvgIpc) is 2.76. The number of hydrogen-bond acceptors (Lipinski definition) is 4. The molecule has 1 aliphatic heterocycles. The van der Waals surface area contributed by atoms with E-state index in [4.69, 9.17) is 9.47 Å². The number of methoxy groups -OCH3 is 1. The van der Waals surface area contributed by atoms with E-state index in [0.717, 1.165) is 36.6 Å². The molecular formula is C15H23NO3. The third-order valence-corrected chi connectivity index (χ3v) is 3.40. The molecule has 1 saturated heterocycles. The summed E-state index contributed by atoms with van der Waals surface area (Å²) in [4.78, 5) is 2.26. The lowest BCUT2D eigenvalue weighted by Crippen LogP contribution is -2.21. The van der Waals surface area contributed by atoms with Crippen LogP contribution in [0.1, 0.15) is 18.9 Å². The number of rotatable bonds is 5. The number of likely N-dealkylation sites (N-methyl/N-ethyl adjacent to an activating group) is 1. The number of hydrogen-bond donors (Lipinski definition) is 1. The van der Waals surface area contributed by atoms with Gasteiger partial charge in [0.1, 0.15) is 6.10 Å². The summed E-state index contributed by atoms with van der Waals surface area (Å²) in [6.45, 7) is 3.82. The Hall–Kier alpha value is -1.26. The van der Waals surface area contributed by atoms with Gasteiger partial charge in [-0.2, -0.15) is 0 Å². The van der Waals surface area contributed by atoms with Crippen molar-refractivity contribution in [3.05, 3.63) is 23.8 Å². The third-order valence-electron chi connectivity index (χ3n) is 3.40. The molecule has 0 radical (unpaired) electrons. The van der Waals surface area contributed by atoms with Crippen LogP contribution in [0.3, 0.4) is 0 Å². The maximum absolute atomic E-state index is 9.42. The van der Waals surface area contributed by atoms with Gasteiger partial charge in [-0.3, -0.25) is 0 Å². The van der Waals surface area contributed by atoms with Gasteiger partial charge >= 0.3 is 0 Å². The largest absolute Gasteiger partial charge is 0.493 e. The number of nitrogens with zero attached hydrogens (tertiary/aromatic N) is 1. The molecule has 2 atom stereocenters. The van der Waals surface area contributed by atoms with Crippen LogP contribution in [0.25, 0.3) is 0 Å². The predicted octanol–water partition coefficient (Wildman–Crippen LogP) is 1.70. The molecule has 2 unspecified atom stereocenters. The van der Waals surface area contributed by atoms with Crippen LogP contribution in [0.5, 0.6) is 11.5 Å². The molecule has 19 heavy (non-hydrogen) atoms. The highest BCUT2D eigenvalue weighted by Gasteiger charge is 2.22. The topological polar surface area (TPSA) is 41.9 Å². The Labute approximate surface area is 114 Å². The highest BCUT2D eigenvalue weighted by atomic mass is 16.5. The van der Waals surface area contributed by atoms with Crippen molar-refractivity contribution in [2.24, 2.45) is 0 Å². The summed E-state index contributed by atoms with van der Waals surface area (Å²) in [5.74, 6) is 1.53. The van der Waals surface area contributed by atoms with Crippen LogP contribution < -0.4 is 9.47 Å². The molecule has 1 aliphatic rings. The van der Waals surface area contributed by atoms with E-state index in [2.05, 4.69) is 11.9 Å². The normalized spacial score (nSPS) is 21.4. The number of benzene rings is 1. The fourth-order valence-electron chi connectivity index (χ4n) is 2.45. The van der Waals surface area contributed by atoms with Gasteiger partial charge in [0.05, 0.1) is 13.2 Å². The Balaban J connectivity index is 2.07. The van der Waals surface area contributed by atoms with Crippen molar-refractivity contribution in [1.82, 2.24) is 4.90 Å². The fourth-order valence-corrected chi connectivity index (χ4v) is 2.45. The molecule has 4 heteroatoms. The van der Waals surface area contributed by atoms with Crippen molar-refractivity contribution in [2.75, 3.05) is 27.2 Å². The van der Waals surface area contributed by atoms with Crippen LogP contribution >= 0.6 is 0 Å². The first-order valence-corrected chi connectivity index (χ1v) is 6.78. The highest BCUT2D eigenvalue weighted by Crippen LogP contribution is 2.30. The molecule has 1 N–H and O–H groups in total. The van der Waals surface area contributed by atoms with Crippen molar-refractivity contribution in [3.63, 3.8) is 0 Å². The van der Waals surface area contributed by atoms with Crippen molar-refractivity contribution in [2.45, 2.75) is 32.0 Å². The lowest BCUT2D eigenvalue weighted by atomic mass is 10.1. The van der Waals surface area contributed by atoms with E-state index in [-0.39, 0.29) is 12.2 Å². The van der Waals surface area contributed by atoms with Gasteiger partial charge in [-0.1, -0.05) is 6.07 Å². The third kappa shape index (κ3) is 3.85. The van der Waals surface area contributed by atoms with Crippen molar-refractivity contribution < 1.29 is 14.6 Å². The van der Waals surface area contributed by atoms with Crippen LogP contribution in [0, 0.1) is 0 Å². The Bertz CT molecular complexity index is 420. The maximum Gasteiger partial charge on any atom is 0.161 e. The van der Waals surface area contributed by atoms with Crippen LogP contribution in [0.15, 0.2) is 18.2 Å². The molecule has 0 saturated carbocycles. The minimum atomic E-state index is -0.347. The second kappa shape index (κ2) is 6.26. The van der Waals surface area contributed by atoms with E-state index in [1.807, 2.05) is 18.2 Å². The van der Waals surface area contributed by atoms with Gasteiger partial charge in [0.15, 0.2) is 11.5 Å². The standard InChI is InChI=1S/C15H23NO3/c1-11(17)8-12-4-5-14(15(9-12)18-3)19-13-6-7-16(2)10-13/h4-5,9,11,13,17H,6-8,10H2,1-3H3. The van der Waals surface area contributed by atoms with E-state index >= 15 is 0 Å². The SMILES string of the molecule is COc1cc(CC(C)O)ccc1OC1CCN(C)C1. The zero-order chi connectivity index (χ0) is 13.8. The molecule has 4 nitrogen and oxygen atoms in total.